The zero-order chi connectivity index (χ0) is 19.3. The highest BCUT2D eigenvalue weighted by Gasteiger charge is 2.13. The molecule has 4 rings (SSSR count). The van der Waals surface area contributed by atoms with Crippen molar-refractivity contribution in [1.29, 1.82) is 0 Å². The summed E-state index contributed by atoms with van der Waals surface area (Å²) in [5.41, 5.74) is 3.01. The average molecular weight is 379 g/mol. The number of pyridine rings is 1. The number of carbonyl (C=O) groups is 1. The molecule has 0 atom stereocenters. The summed E-state index contributed by atoms with van der Waals surface area (Å²) < 4.78 is 23.6. The normalized spacial score (nSPS) is 11.9. The number of fused-ring (bicyclic) bond motifs is 1. The summed E-state index contributed by atoms with van der Waals surface area (Å²) in [5, 5.41) is 6.05. The summed E-state index contributed by atoms with van der Waals surface area (Å²) in [6.45, 7) is 1.11. The maximum atomic E-state index is 12.9. The number of hydrogen-bond acceptors (Lipinski definition) is 5. The highest BCUT2D eigenvalue weighted by Crippen LogP contribution is 2.32. The molecule has 7 heteroatoms. The van der Waals surface area contributed by atoms with Crippen molar-refractivity contribution in [3.05, 3.63) is 83.4 Å². The molecule has 0 radical (unpaired) electrons. The second-order valence-electron chi connectivity index (χ2n) is 6.31. The van der Waals surface area contributed by atoms with E-state index in [0.29, 0.717) is 18.7 Å². The van der Waals surface area contributed by atoms with Crippen molar-refractivity contribution in [2.24, 2.45) is 0 Å². The molecule has 3 aromatic rings. The van der Waals surface area contributed by atoms with E-state index in [1.54, 1.807) is 24.4 Å². The van der Waals surface area contributed by atoms with Gasteiger partial charge in [-0.15, -0.1) is 0 Å². The largest absolute Gasteiger partial charge is 0.454 e. The molecular formula is C21H18FN3O3. The highest BCUT2D eigenvalue weighted by atomic mass is 19.1. The third-order valence-electron chi connectivity index (χ3n) is 4.30. The van der Waals surface area contributed by atoms with Gasteiger partial charge < -0.3 is 20.1 Å². The van der Waals surface area contributed by atoms with Crippen LogP contribution in [-0.2, 0) is 13.1 Å². The average Bonchev–Trinajstić information content (AvgIpc) is 3.20. The topological polar surface area (TPSA) is 72.5 Å². The molecule has 2 aromatic carbocycles. The smallest absolute Gasteiger partial charge is 0.253 e. The van der Waals surface area contributed by atoms with E-state index < -0.39 is 0 Å². The van der Waals surface area contributed by atoms with E-state index in [-0.39, 0.29) is 18.5 Å². The lowest BCUT2D eigenvalue weighted by Crippen LogP contribution is -2.23. The molecule has 2 N–H and O–H groups in total. The van der Waals surface area contributed by atoms with Crippen molar-refractivity contribution in [2.45, 2.75) is 13.1 Å². The van der Waals surface area contributed by atoms with E-state index >= 15 is 0 Å². The maximum absolute atomic E-state index is 12.9. The lowest BCUT2D eigenvalue weighted by atomic mass is 10.2. The van der Waals surface area contributed by atoms with E-state index in [1.165, 1.54) is 18.3 Å². The summed E-state index contributed by atoms with van der Waals surface area (Å²) >= 11 is 0. The van der Waals surface area contributed by atoms with E-state index in [2.05, 4.69) is 15.6 Å². The van der Waals surface area contributed by atoms with E-state index in [4.69, 9.17) is 9.47 Å². The third kappa shape index (κ3) is 4.20. The van der Waals surface area contributed by atoms with Gasteiger partial charge in [0.15, 0.2) is 11.5 Å². The number of aromatic nitrogens is 1. The van der Waals surface area contributed by atoms with E-state index in [0.717, 1.165) is 28.3 Å². The molecule has 0 unspecified atom stereocenters. The van der Waals surface area contributed by atoms with Crippen LogP contribution in [0.3, 0.4) is 0 Å². The number of hydrogen-bond donors (Lipinski definition) is 2. The minimum absolute atomic E-state index is 0.241. The van der Waals surface area contributed by atoms with Gasteiger partial charge in [0.1, 0.15) is 5.82 Å². The molecule has 0 saturated heterocycles. The Kier molecular flexibility index (Phi) is 5.05. The SMILES string of the molecule is O=C(NCc1ccc(F)cc1)c1cncc(NCc2ccc3c(c2)OCO3)c1. The van der Waals surface area contributed by atoms with Gasteiger partial charge in [0.2, 0.25) is 6.79 Å². The van der Waals surface area contributed by atoms with Crippen LogP contribution in [0.2, 0.25) is 0 Å². The van der Waals surface area contributed by atoms with Crippen molar-refractivity contribution in [3.63, 3.8) is 0 Å². The quantitative estimate of drug-likeness (QED) is 0.686. The number of anilines is 1. The van der Waals surface area contributed by atoms with Gasteiger partial charge in [0.05, 0.1) is 11.3 Å². The first-order chi connectivity index (χ1) is 13.7. The number of amides is 1. The molecule has 1 amide bonds. The molecule has 0 fully saturated rings. The molecule has 0 bridgehead atoms. The first-order valence-electron chi connectivity index (χ1n) is 8.77. The Morgan fingerprint density at radius 1 is 0.964 bits per heavy atom. The van der Waals surface area contributed by atoms with Crippen LogP contribution in [0.15, 0.2) is 60.9 Å². The summed E-state index contributed by atoms with van der Waals surface area (Å²) in [5.74, 6) is 0.917. The first-order valence-corrected chi connectivity index (χ1v) is 8.77. The highest BCUT2D eigenvalue weighted by molar-refractivity contribution is 5.94. The van der Waals surface area contributed by atoms with Crippen molar-refractivity contribution in [3.8, 4) is 11.5 Å². The number of nitrogens with one attached hydrogen (secondary N) is 2. The van der Waals surface area contributed by atoms with Gasteiger partial charge in [0.25, 0.3) is 5.91 Å². The molecule has 28 heavy (non-hydrogen) atoms. The van der Waals surface area contributed by atoms with E-state index in [9.17, 15) is 9.18 Å². The fourth-order valence-electron chi connectivity index (χ4n) is 2.80. The van der Waals surface area contributed by atoms with Gasteiger partial charge in [-0.2, -0.15) is 0 Å². The van der Waals surface area contributed by atoms with Crippen LogP contribution < -0.4 is 20.1 Å². The van der Waals surface area contributed by atoms with Gasteiger partial charge in [0, 0.05) is 25.5 Å². The van der Waals surface area contributed by atoms with Crippen molar-refractivity contribution in [1.82, 2.24) is 10.3 Å². The van der Waals surface area contributed by atoms with Crippen molar-refractivity contribution >= 4 is 11.6 Å². The lowest BCUT2D eigenvalue weighted by molar-refractivity contribution is 0.0950. The molecule has 1 aliphatic heterocycles. The molecule has 1 aromatic heterocycles. The van der Waals surface area contributed by atoms with Crippen LogP contribution in [0.1, 0.15) is 21.5 Å². The molecule has 1 aliphatic rings. The Labute approximate surface area is 161 Å². The fourth-order valence-corrected chi connectivity index (χ4v) is 2.80. The Morgan fingerprint density at radius 3 is 2.61 bits per heavy atom. The minimum Gasteiger partial charge on any atom is -0.454 e. The van der Waals surface area contributed by atoms with Gasteiger partial charge in [-0.25, -0.2) is 4.39 Å². The number of rotatable bonds is 6. The predicted octanol–water partition coefficient (Wildman–Crippen LogP) is 3.49. The monoisotopic (exact) mass is 379 g/mol. The zero-order valence-electron chi connectivity index (χ0n) is 14.9. The van der Waals surface area contributed by atoms with Gasteiger partial charge in [-0.05, 0) is 41.5 Å². The summed E-state index contributed by atoms with van der Waals surface area (Å²) in [6, 6.07) is 13.5. The summed E-state index contributed by atoms with van der Waals surface area (Å²) in [7, 11) is 0. The number of ether oxygens (including phenoxy) is 2. The maximum Gasteiger partial charge on any atom is 0.253 e. The van der Waals surface area contributed by atoms with Crippen LogP contribution >= 0.6 is 0 Å². The summed E-state index contributed by atoms with van der Waals surface area (Å²) in [6.07, 6.45) is 3.16. The van der Waals surface area contributed by atoms with Crippen LogP contribution in [0.25, 0.3) is 0 Å². The van der Waals surface area contributed by atoms with Gasteiger partial charge in [-0.1, -0.05) is 18.2 Å². The van der Waals surface area contributed by atoms with Crippen LogP contribution in [-0.4, -0.2) is 17.7 Å². The van der Waals surface area contributed by atoms with Crippen LogP contribution in [0.4, 0.5) is 10.1 Å². The zero-order valence-corrected chi connectivity index (χ0v) is 14.9. The van der Waals surface area contributed by atoms with Crippen molar-refractivity contribution < 1.29 is 18.7 Å². The molecular weight excluding hydrogens is 361 g/mol. The summed E-state index contributed by atoms with van der Waals surface area (Å²) in [4.78, 5) is 16.5. The number of nitrogens with zero attached hydrogens (tertiary/aromatic N) is 1. The molecule has 0 saturated carbocycles. The Morgan fingerprint density at radius 2 is 1.75 bits per heavy atom. The molecule has 142 valence electrons. The Bertz CT molecular complexity index is 992. The molecule has 0 aliphatic carbocycles. The van der Waals surface area contributed by atoms with Crippen LogP contribution in [0, 0.1) is 5.82 Å². The second-order valence-corrected chi connectivity index (χ2v) is 6.31. The second kappa shape index (κ2) is 7.96. The minimum atomic E-state index is -0.305. The number of benzene rings is 2. The van der Waals surface area contributed by atoms with E-state index in [1.807, 2.05) is 18.2 Å². The van der Waals surface area contributed by atoms with Gasteiger partial charge in [-0.3, -0.25) is 9.78 Å². The molecule has 6 nitrogen and oxygen atoms in total. The molecule has 2 heterocycles. The Hall–Kier alpha value is -3.61. The third-order valence-corrected chi connectivity index (χ3v) is 4.30. The fraction of sp³-hybridized carbons (Fsp3) is 0.143. The number of carbonyl (C=O) groups excluding carboxylic acids is 1. The Balaban J connectivity index is 1.35. The van der Waals surface area contributed by atoms with Gasteiger partial charge >= 0.3 is 0 Å². The standard InChI is InChI=1S/C21H18FN3O3/c22-17-4-1-14(2-5-17)9-25-21(26)16-8-18(12-23-11-16)24-10-15-3-6-19-20(7-15)28-13-27-19/h1-8,11-12,24H,9-10,13H2,(H,25,26). The van der Waals surface area contributed by atoms with Crippen LogP contribution in [0.5, 0.6) is 11.5 Å². The molecule has 0 spiro atoms. The first kappa shape index (κ1) is 17.8. The lowest BCUT2D eigenvalue weighted by Gasteiger charge is -2.09. The predicted molar refractivity (Wildman–Crippen MR) is 102 cm³/mol. The van der Waals surface area contributed by atoms with Crippen molar-refractivity contribution in [2.75, 3.05) is 12.1 Å². The number of halogens is 1.